The molecule has 1 aromatic heterocycles. The first-order valence-corrected chi connectivity index (χ1v) is 12.0. The van der Waals surface area contributed by atoms with Gasteiger partial charge in [-0.1, -0.05) is 42.5 Å². The summed E-state index contributed by atoms with van der Waals surface area (Å²) < 4.78 is 11.8. The molecule has 6 nitrogen and oxygen atoms in total. The van der Waals surface area contributed by atoms with E-state index in [0.29, 0.717) is 19.3 Å². The lowest BCUT2D eigenvalue weighted by Crippen LogP contribution is -2.42. The van der Waals surface area contributed by atoms with Crippen molar-refractivity contribution in [2.45, 2.75) is 24.9 Å². The van der Waals surface area contributed by atoms with Gasteiger partial charge < -0.3 is 24.7 Å². The molecule has 34 heavy (non-hydrogen) atoms. The molecule has 4 aromatic rings. The van der Waals surface area contributed by atoms with Crippen LogP contribution in [0.15, 0.2) is 78.9 Å². The van der Waals surface area contributed by atoms with Gasteiger partial charge in [0.1, 0.15) is 30.5 Å². The molecule has 1 atom stereocenters. The predicted molar refractivity (Wildman–Crippen MR) is 135 cm³/mol. The zero-order chi connectivity index (χ0) is 23.2. The minimum absolute atomic E-state index is 0.0371. The molecule has 0 radical (unpaired) electrons. The number of nitrogens with one attached hydrogen (secondary N) is 2. The number of imidazole rings is 1. The molecule has 2 N–H and O–H groups in total. The molecule has 1 aliphatic heterocycles. The van der Waals surface area contributed by atoms with E-state index in [0.717, 1.165) is 59.9 Å². The monoisotopic (exact) mass is 456 g/mol. The fourth-order valence-corrected chi connectivity index (χ4v) is 4.47. The highest BCUT2D eigenvalue weighted by Crippen LogP contribution is 2.27. The zero-order valence-electron chi connectivity index (χ0n) is 19.6. The molecule has 176 valence electrons. The van der Waals surface area contributed by atoms with E-state index in [2.05, 4.69) is 46.5 Å². The number of rotatable bonds is 9. The lowest BCUT2D eigenvalue weighted by atomic mass is 10.0. The van der Waals surface area contributed by atoms with E-state index in [9.17, 15) is 0 Å². The molecule has 2 heterocycles. The van der Waals surface area contributed by atoms with E-state index >= 15 is 0 Å². The van der Waals surface area contributed by atoms with Gasteiger partial charge in [-0.15, -0.1) is 0 Å². The Morgan fingerprint density at radius 2 is 1.62 bits per heavy atom. The van der Waals surface area contributed by atoms with E-state index < -0.39 is 0 Å². The summed E-state index contributed by atoms with van der Waals surface area (Å²) in [5, 5.41) is 3.89. The SMILES string of the molecule is CN1CCC(NC(c2cccc(OCCOc3ccccc3)c2)c2nc3ccccc3[nH]2)CC1. The van der Waals surface area contributed by atoms with Gasteiger partial charge in [-0.25, -0.2) is 4.98 Å². The molecule has 6 heteroatoms. The third-order valence-corrected chi connectivity index (χ3v) is 6.36. The molecule has 0 aliphatic carbocycles. The smallest absolute Gasteiger partial charge is 0.129 e. The van der Waals surface area contributed by atoms with Crippen LogP contribution in [-0.2, 0) is 0 Å². The third kappa shape index (κ3) is 5.58. The Labute approximate surface area is 200 Å². The highest BCUT2D eigenvalue weighted by molar-refractivity contribution is 5.75. The number of H-pyrrole nitrogens is 1. The normalized spacial score (nSPS) is 15.9. The van der Waals surface area contributed by atoms with Crippen molar-refractivity contribution in [3.8, 4) is 11.5 Å². The molecule has 1 fully saturated rings. The molecule has 0 saturated carbocycles. The molecule has 1 saturated heterocycles. The van der Waals surface area contributed by atoms with Gasteiger partial charge in [0.2, 0.25) is 0 Å². The third-order valence-electron chi connectivity index (χ3n) is 6.36. The second-order valence-electron chi connectivity index (χ2n) is 8.90. The maximum absolute atomic E-state index is 6.03. The van der Waals surface area contributed by atoms with Crippen LogP contribution < -0.4 is 14.8 Å². The highest BCUT2D eigenvalue weighted by atomic mass is 16.5. The summed E-state index contributed by atoms with van der Waals surface area (Å²) in [6.07, 6.45) is 2.25. The van der Waals surface area contributed by atoms with Crippen LogP contribution in [-0.4, -0.2) is 54.3 Å². The van der Waals surface area contributed by atoms with E-state index in [1.54, 1.807) is 0 Å². The van der Waals surface area contributed by atoms with Crippen LogP contribution in [0.3, 0.4) is 0 Å². The van der Waals surface area contributed by atoms with Crippen molar-refractivity contribution < 1.29 is 9.47 Å². The Balaban J connectivity index is 1.31. The molecule has 5 rings (SSSR count). The van der Waals surface area contributed by atoms with Gasteiger partial charge in [0.05, 0.1) is 17.1 Å². The van der Waals surface area contributed by atoms with Crippen LogP contribution in [0.1, 0.15) is 30.3 Å². The first-order chi connectivity index (χ1) is 16.7. The average molecular weight is 457 g/mol. The van der Waals surface area contributed by atoms with E-state index in [4.69, 9.17) is 14.5 Å². The number of nitrogens with zero attached hydrogens (tertiary/aromatic N) is 2. The maximum atomic E-state index is 6.03. The predicted octanol–water partition coefficient (Wildman–Crippen LogP) is 4.79. The fraction of sp³-hybridized carbons (Fsp3) is 0.321. The number of likely N-dealkylation sites (tertiary alicyclic amines) is 1. The van der Waals surface area contributed by atoms with E-state index in [-0.39, 0.29) is 6.04 Å². The van der Waals surface area contributed by atoms with Gasteiger partial charge in [0.25, 0.3) is 0 Å². The minimum atomic E-state index is -0.0371. The Hall–Kier alpha value is -3.35. The van der Waals surface area contributed by atoms with Crippen LogP contribution in [0.2, 0.25) is 0 Å². The van der Waals surface area contributed by atoms with Gasteiger partial charge in [0, 0.05) is 6.04 Å². The molecular formula is C28H32N4O2. The van der Waals surface area contributed by atoms with Crippen LogP contribution in [0.4, 0.5) is 0 Å². The Morgan fingerprint density at radius 1 is 0.912 bits per heavy atom. The molecule has 0 amide bonds. The van der Waals surface area contributed by atoms with E-state index in [1.807, 2.05) is 54.6 Å². The molecule has 0 spiro atoms. The van der Waals surface area contributed by atoms with Gasteiger partial charge in [-0.3, -0.25) is 0 Å². The van der Waals surface area contributed by atoms with Gasteiger partial charge in [0.15, 0.2) is 0 Å². The Morgan fingerprint density at radius 3 is 2.41 bits per heavy atom. The summed E-state index contributed by atoms with van der Waals surface area (Å²) in [5.74, 6) is 2.62. The number of aromatic nitrogens is 2. The number of benzene rings is 3. The van der Waals surface area contributed by atoms with Crippen molar-refractivity contribution >= 4 is 11.0 Å². The average Bonchev–Trinajstić information content (AvgIpc) is 3.31. The first-order valence-electron chi connectivity index (χ1n) is 12.0. The van der Waals surface area contributed by atoms with Gasteiger partial charge in [-0.05, 0) is 74.9 Å². The number of fused-ring (bicyclic) bond motifs is 1. The van der Waals surface area contributed by atoms with E-state index in [1.165, 1.54) is 0 Å². The number of hydrogen-bond acceptors (Lipinski definition) is 5. The van der Waals surface area contributed by atoms with Crippen LogP contribution in [0.25, 0.3) is 11.0 Å². The summed E-state index contributed by atoms with van der Waals surface area (Å²) in [6.45, 7) is 3.19. The van der Waals surface area contributed by atoms with Crippen LogP contribution in [0.5, 0.6) is 11.5 Å². The first kappa shape index (κ1) is 22.4. The van der Waals surface area contributed by atoms with Gasteiger partial charge in [-0.2, -0.15) is 0 Å². The number of ether oxygens (including phenoxy) is 2. The van der Waals surface area contributed by atoms with Crippen LogP contribution in [0, 0.1) is 0 Å². The second-order valence-corrected chi connectivity index (χ2v) is 8.90. The Kier molecular flexibility index (Phi) is 7.08. The zero-order valence-corrected chi connectivity index (χ0v) is 19.6. The topological polar surface area (TPSA) is 62.4 Å². The quantitative estimate of drug-likeness (QED) is 0.355. The number of piperidine rings is 1. The molecule has 0 bridgehead atoms. The lowest BCUT2D eigenvalue weighted by molar-refractivity contribution is 0.216. The standard InChI is InChI=1S/C28H32N4O2/c1-32-16-14-22(15-17-32)29-27(28-30-25-12-5-6-13-26(25)31-28)21-8-7-11-24(20-21)34-19-18-33-23-9-3-2-4-10-23/h2-13,20,22,27,29H,14-19H2,1H3,(H,30,31). The van der Waals surface area contributed by atoms with Crippen LogP contribution >= 0.6 is 0 Å². The van der Waals surface area contributed by atoms with Crippen molar-refractivity contribution in [2.24, 2.45) is 0 Å². The van der Waals surface area contributed by atoms with Crippen molar-refractivity contribution in [2.75, 3.05) is 33.4 Å². The molecule has 1 aliphatic rings. The highest BCUT2D eigenvalue weighted by Gasteiger charge is 2.24. The molecular weight excluding hydrogens is 424 g/mol. The minimum Gasteiger partial charge on any atom is -0.490 e. The summed E-state index contributed by atoms with van der Waals surface area (Å²) in [6, 6.07) is 26.7. The van der Waals surface area contributed by atoms with Crippen molar-refractivity contribution in [3.63, 3.8) is 0 Å². The largest absolute Gasteiger partial charge is 0.490 e. The summed E-state index contributed by atoms with van der Waals surface area (Å²) in [4.78, 5) is 10.8. The summed E-state index contributed by atoms with van der Waals surface area (Å²) in [5.41, 5.74) is 3.18. The lowest BCUT2D eigenvalue weighted by Gasteiger charge is -2.32. The number of aromatic amines is 1. The van der Waals surface area contributed by atoms with Crippen molar-refractivity contribution in [1.29, 1.82) is 0 Å². The maximum Gasteiger partial charge on any atom is 0.129 e. The molecule has 1 unspecified atom stereocenters. The van der Waals surface area contributed by atoms with Gasteiger partial charge >= 0.3 is 0 Å². The Bertz CT molecular complexity index is 1150. The van der Waals surface area contributed by atoms with Crippen molar-refractivity contribution in [3.05, 3.63) is 90.3 Å². The summed E-state index contributed by atoms with van der Waals surface area (Å²) in [7, 11) is 2.19. The number of hydrogen-bond donors (Lipinski definition) is 2. The van der Waals surface area contributed by atoms with Crippen molar-refractivity contribution in [1.82, 2.24) is 20.2 Å². The second kappa shape index (κ2) is 10.7. The summed E-state index contributed by atoms with van der Waals surface area (Å²) >= 11 is 0. The molecule has 3 aromatic carbocycles. The fourth-order valence-electron chi connectivity index (χ4n) is 4.47. The number of para-hydroxylation sites is 3.